The maximum atomic E-state index is 13.1. The third-order valence-electron chi connectivity index (χ3n) is 6.76. The van der Waals surface area contributed by atoms with Crippen molar-refractivity contribution in [2.24, 2.45) is 22.9 Å². The van der Waals surface area contributed by atoms with Crippen molar-refractivity contribution in [1.82, 2.24) is 15.5 Å². The van der Waals surface area contributed by atoms with Crippen molar-refractivity contribution in [1.29, 1.82) is 0 Å². The SMILES string of the molecule is Cc1cc(-c2ccc(O)c(C[C@H](N)C(=O)N[C@@H](CCCN)C(=O)N(C)CC(=O)NC[C@@H](N)CCCN)c2)ccc1Cl. The lowest BCUT2D eigenvalue weighted by atomic mass is 9.97. The van der Waals surface area contributed by atoms with Crippen molar-refractivity contribution < 1.29 is 19.5 Å². The molecule has 0 radical (unpaired) electrons. The summed E-state index contributed by atoms with van der Waals surface area (Å²) in [6, 6.07) is 8.53. The lowest BCUT2D eigenvalue weighted by molar-refractivity contribution is -0.138. The van der Waals surface area contributed by atoms with Crippen molar-refractivity contribution in [2.75, 3.05) is 33.2 Å². The van der Waals surface area contributed by atoms with Crippen molar-refractivity contribution in [3.63, 3.8) is 0 Å². The quantitative estimate of drug-likeness (QED) is 0.148. The molecule has 0 saturated heterocycles. The number of aromatic hydroxyl groups is 1. The molecule has 2 aromatic rings. The number of carbonyl (C=O) groups is 3. The Morgan fingerprint density at radius 3 is 2.29 bits per heavy atom. The summed E-state index contributed by atoms with van der Waals surface area (Å²) in [5.41, 5.74) is 26.4. The molecule has 0 fully saturated rings. The Hall–Kier alpha value is -3.22. The van der Waals surface area contributed by atoms with Crippen LogP contribution in [0.3, 0.4) is 0 Å². The number of amides is 3. The number of likely N-dealkylation sites (N-methyl/N-ethyl adjacent to an activating group) is 1. The van der Waals surface area contributed by atoms with Gasteiger partial charge in [-0.1, -0.05) is 23.7 Å². The molecular formula is C29H44ClN7O4. The van der Waals surface area contributed by atoms with Gasteiger partial charge in [0.15, 0.2) is 0 Å². The second kappa shape index (κ2) is 16.9. The number of aryl methyl sites for hydroxylation is 1. The zero-order valence-corrected chi connectivity index (χ0v) is 24.6. The summed E-state index contributed by atoms with van der Waals surface area (Å²) in [7, 11) is 1.49. The molecule has 226 valence electrons. The maximum absolute atomic E-state index is 13.1. The van der Waals surface area contributed by atoms with Crippen molar-refractivity contribution in [2.45, 2.75) is 57.2 Å². The molecule has 0 aliphatic rings. The van der Waals surface area contributed by atoms with Crippen LogP contribution in [0.1, 0.15) is 36.8 Å². The molecule has 0 bridgehead atoms. The van der Waals surface area contributed by atoms with Gasteiger partial charge < -0.3 is 43.6 Å². The predicted octanol–water partition coefficient (Wildman–Crippen LogP) is 0.755. The fraction of sp³-hybridized carbons (Fsp3) is 0.483. The second-order valence-corrected chi connectivity index (χ2v) is 10.7. The number of rotatable bonds is 16. The minimum Gasteiger partial charge on any atom is -0.508 e. The van der Waals surface area contributed by atoms with E-state index in [2.05, 4.69) is 10.6 Å². The highest BCUT2D eigenvalue weighted by Gasteiger charge is 2.27. The van der Waals surface area contributed by atoms with Crippen LogP contribution in [0.25, 0.3) is 11.1 Å². The number of carbonyl (C=O) groups excluding carboxylic acids is 3. The average Bonchev–Trinajstić information content (AvgIpc) is 2.94. The summed E-state index contributed by atoms with van der Waals surface area (Å²) in [6.07, 6.45) is 2.24. The van der Waals surface area contributed by atoms with Crippen LogP contribution in [-0.4, -0.2) is 79.1 Å². The highest BCUT2D eigenvalue weighted by Crippen LogP contribution is 2.29. The van der Waals surface area contributed by atoms with E-state index in [9.17, 15) is 19.5 Å². The molecule has 41 heavy (non-hydrogen) atoms. The minimum atomic E-state index is -1.04. The van der Waals surface area contributed by atoms with E-state index >= 15 is 0 Å². The first kappa shape index (κ1) is 34.0. The normalized spacial score (nSPS) is 13.2. The van der Waals surface area contributed by atoms with E-state index in [4.69, 9.17) is 34.5 Å². The number of phenolic OH excluding ortho intramolecular Hbond substituents is 1. The van der Waals surface area contributed by atoms with Gasteiger partial charge in [-0.3, -0.25) is 14.4 Å². The van der Waals surface area contributed by atoms with Gasteiger partial charge in [0, 0.05) is 31.1 Å². The lowest BCUT2D eigenvalue weighted by Gasteiger charge is -2.25. The topological polar surface area (TPSA) is 203 Å². The van der Waals surface area contributed by atoms with Gasteiger partial charge in [0.25, 0.3) is 0 Å². The van der Waals surface area contributed by atoms with E-state index < -0.39 is 23.9 Å². The standard InChI is InChI=1S/C29H44ClN7O4/c1-18-13-19(7-9-23(18)30)20-8-10-26(38)21(14-20)15-24(34)28(40)36-25(6-4-12-32)29(41)37(2)17-27(39)35-16-22(33)5-3-11-31/h7-10,13-14,22,24-25,38H,3-6,11-12,15-17,31-34H2,1-2H3,(H,35,39)(H,36,40)/t22-,24-,25-/m0/s1. The molecule has 0 spiro atoms. The largest absolute Gasteiger partial charge is 0.508 e. The molecule has 11 nitrogen and oxygen atoms in total. The maximum Gasteiger partial charge on any atom is 0.245 e. The van der Waals surface area contributed by atoms with E-state index in [1.165, 1.54) is 11.9 Å². The van der Waals surface area contributed by atoms with Crippen LogP contribution in [0.4, 0.5) is 0 Å². The molecule has 0 aromatic heterocycles. The summed E-state index contributed by atoms with van der Waals surface area (Å²) in [5, 5.41) is 16.5. The number of nitrogens with one attached hydrogen (secondary N) is 2. The van der Waals surface area contributed by atoms with Crippen LogP contribution in [0.15, 0.2) is 36.4 Å². The predicted molar refractivity (Wildman–Crippen MR) is 162 cm³/mol. The molecule has 0 saturated carbocycles. The first-order chi connectivity index (χ1) is 19.5. The Morgan fingerprint density at radius 1 is 1.00 bits per heavy atom. The smallest absolute Gasteiger partial charge is 0.245 e. The van der Waals surface area contributed by atoms with Crippen LogP contribution in [0.2, 0.25) is 5.02 Å². The number of phenols is 1. The summed E-state index contributed by atoms with van der Waals surface area (Å²) in [5.74, 6) is -1.36. The number of benzene rings is 2. The summed E-state index contributed by atoms with van der Waals surface area (Å²) in [6.45, 7) is 2.82. The number of halogens is 1. The Kier molecular flexibility index (Phi) is 14.0. The zero-order chi connectivity index (χ0) is 30.5. The van der Waals surface area contributed by atoms with Crippen LogP contribution in [0.5, 0.6) is 5.75 Å². The van der Waals surface area contributed by atoms with Gasteiger partial charge in [0.05, 0.1) is 12.6 Å². The third-order valence-corrected chi connectivity index (χ3v) is 7.18. The Morgan fingerprint density at radius 2 is 1.63 bits per heavy atom. The fourth-order valence-corrected chi connectivity index (χ4v) is 4.40. The van der Waals surface area contributed by atoms with Crippen LogP contribution >= 0.6 is 11.6 Å². The van der Waals surface area contributed by atoms with Crippen LogP contribution in [0, 0.1) is 6.92 Å². The molecule has 3 atom stereocenters. The van der Waals surface area contributed by atoms with Gasteiger partial charge in [-0.15, -0.1) is 0 Å². The summed E-state index contributed by atoms with van der Waals surface area (Å²) in [4.78, 5) is 39.8. The zero-order valence-electron chi connectivity index (χ0n) is 23.9. The monoisotopic (exact) mass is 589 g/mol. The molecule has 2 aromatic carbocycles. The van der Waals surface area contributed by atoms with Crippen LogP contribution < -0.4 is 33.6 Å². The van der Waals surface area contributed by atoms with Crippen molar-refractivity contribution >= 4 is 29.3 Å². The van der Waals surface area contributed by atoms with E-state index in [-0.39, 0.29) is 43.6 Å². The van der Waals surface area contributed by atoms with E-state index in [0.717, 1.165) is 23.1 Å². The molecule has 12 heteroatoms. The Bertz CT molecular complexity index is 1180. The average molecular weight is 590 g/mol. The van der Waals surface area contributed by atoms with Gasteiger partial charge in [-0.05, 0) is 92.2 Å². The lowest BCUT2D eigenvalue weighted by Crippen LogP contribution is -2.53. The number of nitrogens with two attached hydrogens (primary N) is 4. The number of hydrogen-bond acceptors (Lipinski definition) is 8. The van der Waals surface area contributed by atoms with E-state index in [1.54, 1.807) is 24.3 Å². The number of nitrogens with zero attached hydrogens (tertiary/aromatic N) is 1. The van der Waals surface area contributed by atoms with Crippen molar-refractivity contribution in [3.05, 3.63) is 52.5 Å². The molecule has 0 heterocycles. The van der Waals surface area contributed by atoms with E-state index in [0.29, 0.717) is 36.5 Å². The first-order valence-corrected chi connectivity index (χ1v) is 14.2. The Balaban J connectivity index is 2.04. The molecule has 2 rings (SSSR count). The second-order valence-electron chi connectivity index (χ2n) is 10.3. The highest BCUT2D eigenvalue weighted by atomic mass is 35.5. The summed E-state index contributed by atoms with van der Waals surface area (Å²) < 4.78 is 0. The van der Waals surface area contributed by atoms with E-state index in [1.807, 2.05) is 19.1 Å². The Labute approximate surface area is 246 Å². The molecule has 0 unspecified atom stereocenters. The van der Waals surface area contributed by atoms with Gasteiger partial charge in [0.1, 0.15) is 11.8 Å². The molecule has 11 N–H and O–H groups in total. The molecule has 0 aliphatic heterocycles. The summed E-state index contributed by atoms with van der Waals surface area (Å²) >= 11 is 6.15. The van der Waals surface area contributed by atoms with Crippen LogP contribution in [-0.2, 0) is 20.8 Å². The van der Waals surface area contributed by atoms with Crippen molar-refractivity contribution in [3.8, 4) is 16.9 Å². The molecule has 0 aliphatic carbocycles. The molecule has 3 amide bonds. The number of hydrogen-bond donors (Lipinski definition) is 7. The highest BCUT2D eigenvalue weighted by molar-refractivity contribution is 6.31. The third kappa shape index (κ3) is 10.9. The fourth-order valence-electron chi connectivity index (χ4n) is 4.28. The van der Waals surface area contributed by atoms with Gasteiger partial charge in [-0.2, -0.15) is 0 Å². The minimum absolute atomic E-state index is 0.00642. The van der Waals surface area contributed by atoms with Gasteiger partial charge >= 0.3 is 0 Å². The molecular weight excluding hydrogens is 546 g/mol. The first-order valence-electron chi connectivity index (χ1n) is 13.8. The van der Waals surface area contributed by atoms with Gasteiger partial charge in [-0.25, -0.2) is 0 Å². The van der Waals surface area contributed by atoms with Gasteiger partial charge in [0.2, 0.25) is 17.7 Å².